The second-order valence-electron chi connectivity index (χ2n) is 11.3. The van der Waals surface area contributed by atoms with Crippen molar-refractivity contribution in [1.82, 2.24) is 0 Å². The standard InChI is InChI=1S/C26H40Br2OSi2/c1-25(2,3)30(7,19-23-13-9-21(17-27)10-14-23)29-31(8,26(4,5)6)20-24-15-11-22(18-28)12-16-24/h9-16H,17-20H2,1-8H3. The Morgan fingerprint density at radius 2 is 0.839 bits per heavy atom. The van der Waals surface area contributed by atoms with Gasteiger partial charge in [0.2, 0.25) is 0 Å². The minimum atomic E-state index is -2.09. The molecule has 0 spiro atoms. The van der Waals surface area contributed by atoms with Crippen LogP contribution in [0.3, 0.4) is 0 Å². The second-order valence-corrected chi connectivity index (χ2v) is 21.9. The average Bonchev–Trinajstić information content (AvgIpc) is 2.67. The Morgan fingerprint density at radius 3 is 1.06 bits per heavy atom. The van der Waals surface area contributed by atoms with E-state index >= 15 is 0 Å². The number of hydrogen-bond acceptors (Lipinski definition) is 1. The van der Waals surface area contributed by atoms with Crippen LogP contribution in [-0.2, 0) is 26.9 Å². The third kappa shape index (κ3) is 6.89. The Morgan fingerprint density at radius 1 is 0.581 bits per heavy atom. The first kappa shape index (κ1) is 27.0. The van der Waals surface area contributed by atoms with E-state index in [-0.39, 0.29) is 10.1 Å². The van der Waals surface area contributed by atoms with Crippen molar-refractivity contribution in [2.45, 2.75) is 87.5 Å². The normalized spacial score (nSPS) is 16.6. The Kier molecular flexibility index (Phi) is 9.05. The molecule has 2 rings (SSSR count). The highest BCUT2D eigenvalue weighted by molar-refractivity contribution is 9.08. The molecule has 1 nitrogen and oxygen atoms in total. The van der Waals surface area contributed by atoms with Crippen LogP contribution in [0.5, 0.6) is 0 Å². The fourth-order valence-corrected chi connectivity index (χ4v) is 14.5. The van der Waals surface area contributed by atoms with Crippen molar-refractivity contribution < 1.29 is 4.12 Å². The van der Waals surface area contributed by atoms with E-state index in [1.165, 1.54) is 22.3 Å². The first-order valence-electron chi connectivity index (χ1n) is 11.2. The summed E-state index contributed by atoms with van der Waals surface area (Å²) >= 11 is 7.13. The van der Waals surface area contributed by atoms with E-state index in [0.29, 0.717) is 0 Å². The molecule has 0 amide bonds. The summed E-state index contributed by atoms with van der Waals surface area (Å²) < 4.78 is 7.53. The Bertz CT molecular complexity index is 766. The molecule has 2 unspecified atom stereocenters. The van der Waals surface area contributed by atoms with Crippen molar-refractivity contribution in [3.05, 3.63) is 70.8 Å². The second kappa shape index (κ2) is 10.4. The largest absolute Gasteiger partial charge is 0.454 e. The number of halogens is 2. The van der Waals surface area contributed by atoms with Gasteiger partial charge >= 0.3 is 0 Å². The topological polar surface area (TPSA) is 9.23 Å². The van der Waals surface area contributed by atoms with Crippen molar-refractivity contribution in [3.8, 4) is 0 Å². The maximum Gasteiger partial charge on any atom is 0.186 e. The predicted molar refractivity (Wildman–Crippen MR) is 149 cm³/mol. The van der Waals surface area contributed by atoms with Gasteiger partial charge in [-0.25, -0.2) is 0 Å². The smallest absolute Gasteiger partial charge is 0.186 e. The lowest BCUT2D eigenvalue weighted by Gasteiger charge is -2.50. The van der Waals surface area contributed by atoms with Gasteiger partial charge in [-0.2, -0.15) is 0 Å². The molecule has 2 aromatic carbocycles. The molecule has 0 heterocycles. The molecule has 2 atom stereocenters. The molecule has 0 N–H and O–H groups in total. The third-order valence-corrected chi connectivity index (χ3v) is 20.5. The molecule has 0 saturated carbocycles. The predicted octanol–water partition coefficient (Wildman–Crippen LogP) is 9.11. The van der Waals surface area contributed by atoms with E-state index in [1.807, 2.05) is 0 Å². The van der Waals surface area contributed by atoms with Crippen LogP contribution < -0.4 is 0 Å². The molecule has 172 valence electrons. The molecular weight excluding hydrogens is 544 g/mol. The quantitative estimate of drug-likeness (QED) is 0.222. The summed E-state index contributed by atoms with van der Waals surface area (Å²) in [6.45, 7) is 19.2. The fraction of sp³-hybridized carbons (Fsp3) is 0.538. The summed E-state index contributed by atoms with van der Waals surface area (Å²) in [5.74, 6) is 0. The summed E-state index contributed by atoms with van der Waals surface area (Å²) in [6.07, 6.45) is 0. The molecule has 0 radical (unpaired) electrons. The van der Waals surface area contributed by atoms with E-state index in [1.54, 1.807) is 0 Å². The van der Waals surface area contributed by atoms with Gasteiger partial charge in [0, 0.05) is 10.7 Å². The average molecular weight is 585 g/mol. The highest BCUT2D eigenvalue weighted by atomic mass is 79.9. The lowest BCUT2D eigenvalue weighted by Crippen LogP contribution is -2.59. The van der Waals surface area contributed by atoms with Crippen LogP contribution in [0.25, 0.3) is 0 Å². The van der Waals surface area contributed by atoms with Gasteiger partial charge in [-0.05, 0) is 57.5 Å². The van der Waals surface area contributed by atoms with Crippen LogP contribution in [0.4, 0.5) is 0 Å². The van der Waals surface area contributed by atoms with Gasteiger partial charge in [0.25, 0.3) is 0 Å². The third-order valence-electron chi connectivity index (χ3n) is 7.06. The van der Waals surface area contributed by atoms with E-state index < -0.39 is 16.6 Å². The van der Waals surface area contributed by atoms with Gasteiger partial charge in [-0.1, -0.05) is 122 Å². The van der Waals surface area contributed by atoms with Gasteiger partial charge in [0.1, 0.15) is 0 Å². The first-order chi connectivity index (χ1) is 14.2. The van der Waals surface area contributed by atoms with Gasteiger partial charge in [0.05, 0.1) is 0 Å². The van der Waals surface area contributed by atoms with Crippen LogP contribution in [0.15, 0.2) is 48.5 Å². The van der Waals surface area contributed by atoms with Gasteiger partial charge in [-0.3, -0.25) is 0 Å². The summed E-state index contributed by atoms with van der Waals surface area (Å²) in [4.78, 5) is 0. The summed E-state index contributed by atoms with van der Waals surface area (Å²) in [7, 11) is -4.19. The van der Waals surface area contributed by atoms with E-state index in [2.05, 4.69) is 135 Å². The number of rotatable bonds is 8. The summed E-state index contributed by atoms with van der Waals surface area (Å²) in [5.41, 5.74) is 5.45. The molecule has 31 heavy (non-hydrogen) atoms. The molecular formula is C26H40Br2OSi2. The van der Waals surface area contributed by atoms with Crippen molar-refractivity contribution in [2.75, 3.05) is 0 Å². The van der Waals surface area contributed by atoms with Crippen molar-refractivity contribution in [3.63, 3.8) is 0 Å². The summed E-state index contributed by atoms with van der Waals surface area (Å²) in [5, 5.41) is 2.11. The molecule has 0 saturated heterocycles. The Hall–Kier alpha value is -0.206. The van der Waals surface area contributed by atoms with E-state index in [9.17, 15) is 0 Å². The highest BCUT2D eigenvalue weighted by Gasteiger charge is 2.51. The molecule has 5 heteroatoms. The molecule has 0 bridgehead atoms. The SMILES string of the molecule is CC(C)(C)[Si](C)(Cc1ccc(CBr)cc1)O[Si](C)(Cc1ccc(CBr)cc1)C(C)(C)C. The molecule has 0 aliphatic rings. The highest BCUT2D eigenvalue weighted by Crippen LogP contribution is 2.47. The van der Waals surface area contributed by atoms with Crippen LogP contribution in [-0.4, -0.2) is 16.6 Å². The zero-order valence-corrected chi connectivity index (χ0v) is 25.8. The van der Waals surface area contributed by atoms with E-state index in [4.69, 9.17) is 4.12 Å². The maximum atomic E-state index is 7.53. The monoisotopic (exact) mass is 582 g/mol. The maximum absolute atomic E-state index is 7.53. The lowest BCUT2D eigenvalue weighted by atomic mass is 10.2. The molecule has 0 aliphatic carbocycles. The Balaban J connectivity index is 2.40. The summed E-state index contributed by atoms with van der Waals surface area (Å²) in [6, 6.07) is 20.3. The van der Waals surface area contributed by atoms with Crippen LogP contribution in [0, 0.1) is 0 Å². The van der Waals surface area contributed by atoms with Crippen molar-refractivity contribution in [1.29, 1.82) is 0 Å². The zero-order chi connectivity index (χ0) is 23.5. The number of alkyl halides is 2. The van der Waals surface area contributed by atoms with Crippen molar-refractivity contribution in [2.24, 2.45) is 0 Å². The van der Waals surface area contributed by atoms with E-state index in [0.717, 1.165) is 22.7 Å². The van der Waals surface area contributed by atoms with Gasteiger partial charge < -0.3 is 4.12 Å². The first-order valence-corrected chi connectivity index (χ1v) is 18.7. The molecule has 0 fully saturated rings. The minimum Gasteiger partial charge on any atom is -0.454 e. The Labute approximate surface area is 209 Å². The van der Waals surface area contributed by atoms with Crippen LogP contribution in [0.2, 0.25) is 23.2 Å². The number of benzene rings is 2. The molecule has 0 aromatic heterocycles. The van der Waals surface area contributed by atoms with Crippen LogP contribution in [0.1, 0.15) is 63.8 Å². The zero-order valence-electron chi connectivity index (χ0n) is 20.6. The minimum absolute atomic E-state index is 0.153. The molecule has 0 aliphatic heterocycles. The fourth-order valence-electron chi connectivity index (χ4n) is 3.68. The van der Waals surface area contributed by atoms with Crippen LogP contribution >= 0.6 is 31.9 Å². The van der Waals surface area contributed by atoms with Crippen molar-refractivity contribution >= 4 is 48.5 Å². The van der Waals surface area contributed by atoms with Gasteiger partial charge in [-0.15, -0.1) is 0 Å². The lowest BCUT2D eigenvalue weighted by molar-refractivity contribution is 0.431. The number of hydrogen-bond donors (Lipinski definition) is 0. The molecule has 2 aromatic rings. The van der Waals surface area contributed by atoms with Gasteiger partial charge in [0.15, 0.2) is 16.6 Å².